The lowest BCUT2D eigenvalue weighted by Crippen LogP contribution is -2.47. The third-order valence-electron chi connectivity index (χ3n) is 8.26. The van der Waals surface area contributed by atoms with Crippen LogP contribution in [0.25, 0.3) is 0 Å². The Morgan fingerprint density at radius 3 is 1.42 bits per heavy atom. The highest BCUT2D eigenvalue weighted by Gasteiger charge is 2.32. The Bertz CT molecular complexity index is 363. The number of nitrogens with one attached hydrogen (secondary N) is 2. The van der Waals surface area contributed by atoms with Gasteiger partial charge in [0.05, 0.1) is 0 Å². The molecule has 3 nitrogen and oxygen atoms in total. The van der Waals surface area contributed by atoms with Crippen molar-refractivity contribution >= 4 is 0 Å². The van der Waals surface area contributed by atoms with Gasteiger partial charge in [-0.15, -0.1) is 0 Å². The van der Waals surface area contributed by atoms with Gasteiger partial charge in [-0.2, -0.15) is 0 Å². The Balaban J connectivity index is 1.59. The molecule has 154 valence electrons. The Hall–Kier alpha value is -0.120. The maximum Gasteiger partial charge on any atom is 0.00959 e. The van der Waals surface area contributed by atoms with Gasteiger partial charge in [0.25, 0.3) is 0 Å². The predicted molar refractivity (Wildman–Crippen MR) is 114 cm³/mol. The summed E-state index contributed by atoms with van der Waals surface area (Å²) in [6.45, 7) is 18.8. The molecule has 2 aliphatic carbocycles. The van der Waals surface area contributed by atoms with E-state index < -0.39 is 0 Å². The zero-order chi connectivity index (χ0) is 19.3. The summed E-state index contributed by atoms with van der Waals surface area (Å²) in [5.41, 5.74) is 0. The van der Waals surface area contributed by atoms with E-state index in [0.717, 1.165) is 61.7 Å². The van der Waals surface area contributed by atoms with Crippen LogP contribution in [-0.4, -0.2) is 43.2 Å². The van der Waals surface area contributed by atoms with Crippen molar-refractivity contribution in [2.75, 3.05) is 26.2 Å². The normalized spacial score (nSPS) is 41.5. The lowest BCUT2D eigenvalue weighted by Gasteiger charge is -2.40. The van der Waals surface area contributed by atoms with E-state index in [1.54, 1.807) is 0 Å². The standard InChI is InChI=1S/C23H46N3/c1-16-8-10-22(20(5)18(16)3)24-12-14-26(7)15-13-25-23-11-9-17(2)19(4)21(23)6/h16-25H,7-15H2,1-6H3/q-1. The van der Waals surface area contributed by atoms with Crippen LogP contribution in [0, 0.1) is 42.6 Å². The van der Waals surface area contributed by atoms with Crippen molar-refractivity contribution in [3.8, 4) is 0 Å². The smallest absolute Gasteiger partial charge is 0.00959 e. The molecule has 2 rings (SSSR count). The first-order valence-corrected chi connectivity index (χ1v) is 11.3. The monoisotopic (exact) mass is 364 g/mol. The van der Waals surface area contributed by atoms with E-state index in [0.29, 0.717) is 12.1 Å². The van der Waals surface area contributed by atoms with Gasteiger partial charge in [0.1, 0.15) is 0 Å². The summed E-state index contributed by atoms with van der Waals surface area (Å²) in [6.07, 6.45) is 5.42. The predicted octanol–water partition coefficient (Wildman–Crippen LogP) is 4.40. The van der Waals surface area contributed by atoms with Crippen LogP contribution in [0.3, 0.4) is 0 Å². The van der Waals surface area contributed by atoms with E-state index in [1.807, 2.05) is 0 Å². The SMILES string of the molecule is [CH2-]N(CCNC1CCC(C)C(C)C1C)CCNC1CCC(C)C(C)C1C. The molecule has 2 aliphatic rings. The molecule has 0 bridgehead atoms. The zero-order valence-corrected chi connectivity index (χ0v) is 18.4. The first-order chi connectivity index (χ1) is 12.3. The topological polar surface area (TPSA) is 27.3 Å². The van der Waals surface area contributed by atoms with Gasteiger partial charge in [0, 0.05) is 25.2 Å². The van der Waals surface area contributed by atoms with Crippen LogP contribution >= 0.6 is 0 Å². The van der Waals surface area contributed by atoms with Crippen molar-refractivity contribution in [3.05, 3.63) is 7.05 Å². The van der Waals surface area contributed by atoms with Gasteiger partial charge in [0.15, 0.2) is 0 Å². The molecular formula is C23H46N3-. The first-order valence-electron chi connectivity index (χ1n) is 11.3. The molecule has 0 aromatic heterocycles. The molecule has 0 amide bonds. The Morgan fingerprint density at radius 1 is 0.654 bits per heavy atom. The molecule has 26 heavy (non-hydrogen) atoms. The molecule has 0 spiro atoms. The minimum atomic E-state index is 0.694. The van der Waals surface area contributed by atoms with E-state index in [2.05, 4.69) is 64.1 Å². The fraction of sp³-hybridized carbons (Fsp3) is 0.957. The van der Waals surface area contributed by atoms with E-state index >= 15 is 0 Å². The number of nitrogens with zero attached hydrogens (tertiary/aromatic N) is 1. The molecular weight excluding hydrogens is 318 g/mol. The molecule has 0 aromatic carbocycles. The summed E-state index contributed by atoms with van der Waals surface area (Å²) in [7, 11) is 4.25. The Morgan fingerprint density at radius 2 is 1.04 bits per heavy atom. The molecule has 2 fully saturated rings. The van der Waals surface area contributed by atoms with Gasteiger partial charge < -0.3 is 15.5 Å². The highest BCUT2D eigenvalue weighted by molar-refractivity contribution is 4.87. The van der Waals surface area contributed by atoms with E-state index in [9.17, 15) is 0 Å². The molecule has 2 saturated carbocycles. The van der Waals surface area contributed by atoms with Gasteiger partial charge in [-0.3, -0.25) is 7.05 Å². The van der Waals surface area contributed by atoms with Crippen LogP contribution in [-0.2, 0) is 0 Å². The average molecular weight is 365 g/mol. The van der Waals surface area contributed by atoms with Crippen molar-refractivity contribution in [2.45, 2.75) is 79.3 Å². The maximum atomic E-state index is 4.25. The van der Waals surface area contributed by atoms with Gasteiger partial charge in [-0.1, -0.05) is 41.5 Å². The summed E-state index contributed by atoms with van der Waals surface area (Å²) in [5, 5.41) is 7.62. The number of rotatable bonds is 8. The maximum absolute atomic E-state index is 4.25. The first kappa shape index (κ1) is 22.2. The molecule has 3 heteroatoms. The fourth-order valence-electron chi connectivity index (χ4n) is 5.21. The fourth-order valence-corrected chi connectivity index (χ4v) is 5.21. The molecule has 0 aliphatic heterocycles. The lowest BCUT2D eigenvalue weighted by molar-refractivity contribution is 0.143. The molecule has 2 N–H and O–H groups in total. The third-order valence-corrected chi connectivity index (χ3v) is 8.26. The third kappa shape index (κ3) is 5.94. The highest BCUT2D eigenvalue weighted by Crippen LogP contribution is 2.35. The second-order valence-corrected chi connectivity index (χ2v) is 9.79. The van der Waals surface area contributed by atoms with Crippen LogP contribution in [0.2, 0.25) is 0 Å². The number of hydrogen-bond donors (Lipinski definition) is 2. The van der Waals surface area contributed by atoms with Crippen molar-refractivity contribution in [1.29, 1.82) is 0 Å². The molecule has 0 aromatic rings. The summed E-state index contributed by atoms with van der Waals surface area (Å²) in [5.74, 6) is 5.01. The summed E-state index contributed by atoms with van der Waals surface area (Å²) in [6, 6.07) is 1.39. The minimum Gasteiger partial charge on any atom is -0.457 e. The summed E-state index contributed by atoms with van der Waals surface area (Å²) < 4.78 is 0. The van der Waals surface area contributed by atoms with E-state index in [4.69, 9.17) is 0 Å². The van der Waals surface area contributed by atoms with Crippen molar-refractivity contribution in [1.82, 2.24) is 15.5 Å². The van der Waals surface area contributed by atoms with Crippen LogP contribution in [0.4, 0.5) is 0 Å². The Kier molecular flexibility index (Phi) is 8.90. The van der Waals surface area contributed by atoms with Gasteiger partial charge in [-0.25, -0.2) is 0 Å². The van der Waals surface area contributed by atoms with Crippen LogP contribution in [0.1, 0.15) is 67.2 Å². The largest absolute Gasteiger partial charge is 0.457 e. The number of hydrogen-bond acceptors (Lipinski definition) is 3. The molecule has 0 radical (unpaired) electrons. The van der Waals surface area contributed by atoms with Crippen LogP contribution in [0.5, 0.6) is 0 Å². The second kappa shape index (κ2) is 10.4. The molecule has 8 atom stereocenters. The summed E-state index contributed by atoms with van der Waals surface area (Å²) >= 11 is 0. The molecule has 8 unspecified atom stereocenters. The van der Waals surface area contributed by atoms with Gasteiger partial charge in [-0.05, 0) is 74.3 Å². The Labute approximate surface area is 164 Å². The zero-order valence-electron chi connectivity index (χ0n) is 18.4. The second-order valence-electron chi connectivity index (χ2n) is 9.79. The average Bonchev–Trinajstić information content (AvgIpc) is 2.61. The lowest BCUT2D eigenvalue weighted by atomic mass is 9.72. The van der Waals surface area contributed by atoms with Gasteiger partial charge >= 0.3 is 0 Å². The molecule has 0 heterocycles. The minimum absolute atomic E-state index is 0.694. The highest BCUT2D eigenvalue weighted by atomic mass is 15.1. The van der Waals surface area contributed by atoms with Gasteiger partial charge in [0.2, 0.25) is 0 Å². The quantitative estimate of drug-likeness (QED) is 0.625. The molecule has 0 saturated heterocycles. The van der Waals surface area contributed by atoms with Crippen molar-refractivity contribution < 1.29 is 0 Å². The van der Waals surface area contributed by atoms with Crippen LogP contribution < -0.4 is 10.6 Å². The van der Waals surface area contributed by atoms with Crippen molar-refractivity contribution in [3.63, 3.8) is 0 Å². The van der Waals surface area contributed by atoms with E-state index in [-0.39, 0.29) is 0 Å². The summed E-state index contributed by atoms with van der Waals surface area (Å²) in [4.78, 5) is 2.24. The van der Waals surface area contributed by atoms with Crippen molar-refractivity contribution in [2.24, 2.45) is 35.5 Å². The van der Waals surface area contributed by atoms with E-state index in [1.165, 1.54) is 25.7 Å². The van der Waals surface area contributed by atoms with Crippen LogP contribution in [0.15, 0.2) is 0 Å².